The fraction of sp³-hybridized carbons (Fsp3) is 1.00. The van der Waals surface area contributed by atoms with Crippen LogP contribution in [-0.4, -0.2) is 41.5 Å². The SMILES string of the molecule is O=P1(O)OC2COCC(O)C[C@H]2O1. The first-order chi connectivity index (χ1) is 6.07. The van der Waals surface area contributed by atoms with Gasteiger partial charge in [0.25, 0.3) is 0 Å². The molecule has 0 aromatic carbocycles. The van der Waals surface area contributed by atoms with E-state index in [2.05, 4.69) is 0 Å². The van der Waals surface area contributed by atoms with Gasteiger partial charge in [-0.3, -0.25) is 9.05 Å². The van der Waals surface area contributed by atoms with Crippen molar-refractivity contribution in [1.82, 2.24) is 0 Å². The molecule has 2 aliphatic rings. The fourth-order valence-electron chi connectivity index (χ4n) is 1.49. The van der Waals surface area contributed by atoms with Gasteiger partial charge in [-0.1, -0.05) is 0 Å². The first kappa shape index (κ1) is 9.58. The van der Waals surface area contributed by atoms with Crippen LogP contribution in [0.25, 0.3) is 0 Å². The number of aliphatic hydroxyl groups excluding tert-OH is 1. The van der Waals surface area contributed by atoms with Crippen molar-refractivity contribution in [3.05, 3.63) is 0 Å². The number of rotatable bonds is 0. The highest BCUT2D eigenvalue weighted by atomic mass is 31.2. The molecule has 13 heavy (non-hydrogen) atoms. The Labute approximate surface area is 75.0 Å². The third-order valence-corrected chi connectivity index (χ3v) is 3.12. The van der Waals surface area contributed by atoms with Crippen LogP contribution in [0.15, 0.2) is 0 Å². The second kappa shape index (κ2) is 3.31. The molecule has 2 fully saturated rings. The fourth-order valence-corrected chi connectivity index (χ4v) is 2.64. The maximum atomic E-state index is 11.0. The molecule has 2 rings (SSSR count). The molecule has 2 N–H and O–H groups in total. The first-order valence-electron chi connectivity index (χ1n) is 4.02. The lowest BCUT2D eigenvalue weighted by molar-refractivity contribution is 0.0286. The van der Waals surface area contributed by atoms with Crippen LogP contribution in [0.1, 0.15) is 6.42 Å². The topological polar surface area (TPSA) is 85.2 Å². The van der Waals surface area contributed by atoms with Crippen molar-refractivity contribution in [2.24, 2.45) is 0 Å². The standard InChI is InChI=1S/C6H11O6P/c7-4-1-5-6(3-10-2-4)12-13(8,9)11-5/h4-7H,1-3H2,(H,8,9)/t4?,5-,6?/m1/s1. The van der Waals surface area contributed by atoms with Crippen LogP contribution in [-0.2, 0) is 18.3 Å². The Hall–Kier alpha value is 0.0300. The summed E-state index contributed by atoms with van der Waals surface area (Å²) in [6.07, 6.45) is -1.45. The summed E-state index contributed by atoms with van der Waals surface area (Å²) in [5, 5.41) is 9.27. The van der Waals surface area contributed by atoms with Crippen molar-refractivity contribution in [2.45, 2.75) is 24.7 Å². The number of fused-ring (bicyclic) bond motifs is 1. The second-order valence-electron chi connectivity index (χ2n) is 3.18. The van der Waals surface area contributed by atoms with E-state index in [0.717, 1.165) is 0 Å². The highest BCUT2D eigenvalue weighted by Gasteiger charge is 2.45. The van der Waals surface area contributed by atoms with Crippen molar-refractivity contribution in [2.75, 3.05) is 13.2 Å². The molecule has 0 bridgehead atoms. The number of hydrogen-bond donors (Lipinski definition) is 2. The lowest BCUT2D eigenvalue weighted by Gasteiger charge is -2.10. The molecule has 2 heterocycles. The molecule has 2 saturated heterocycles. The Morgan fingerprint density at radius 1 is 1.23 bits per heavy atom. The van der Waals surface area contributed by atoms with E-state index in [4.69, 9.17) is 18.7 Å². The van der Waals surface area contributed by atoms with Crippen LogP contribution in [0, 0.1) is 0 Å². The molecular weight excluding hydrogens is 199 g/mol. The monoisotopic (exact) mass is 210 g/mol. The van der Waals surface area contributed by atoms with Crippen LogP contribution < -0.4 is 0 Å². The van der Waals surface area contributed by atoms with Crippen LogP contribution in [0.5, 0.6) is 0 Å². The number of ether oxygens (including phenoxy) is 1. The van der Waals surface area contributed by atoms with Gasteiger partial charge >= 0.3 is 7.82 Å². The van der Waals surface area contributed by atoms with Crippen LogP contribution in [0.2, 0.25) is 0 Å². The molecule has 76 valence electrons. The summed E-state index contributed by atoms with van der Waals surface area (Å²) >= 11 is 0. The normalized spacial score (nSPS) is 51.4. The molecular formula is C6H11O6P. The Bertz CT molecular complexity index is 243. The van der Waals surface area contributed by atoms with Gasteiger partial charge in [0.15, 0.2) is 0 Å². The maximum absolute atomic E-state index is 11.0. The van der Waals surface area contributed by atoms with Crippen molar-refractivity contribution in [3.8, 4) is 0 Å². The quantitative estimate of drug-likeness (QED) is 0.531. The predicted molar refractivity (Wildman–Crippen MR) is 41.0 cm³/mol. The molecule has 0 saturated carbocycles. The highest BCUT2D eigenvalue weighted by molar-refractivity contribution is 7.47. The summed E-state index contributed by atoms with van der Waals surface area (Å²) in [6, 6.07) is 0. The lowest BCUT2D eigenvalue weighted by atomic mass is 10.1. The van der Waals surface area contributed by atoms with Gasteiger partial charge in [-0.05, 0) is 0 Å². The van der Waals surface area contributed by atoms with Gasteiger partial charge in [0.1, 0.15) is 12.2 Å². The predicted octanol–water partition coefficient (Wildman–Crippen LogP) is -0.348. The number of phosphoric acid groups is 1. The third kappa shape index (κ3) is 2.10. The van der Waals surface area contributed by atoms with Gasteiger partial charge in [-0.15, -0.1) is 0 Å². The summed E-state index contributed by atoms with van der Waals surface area (Å²) in [7, 11) is -3.89. The van der Waals surface area contributed by atoms with Gasteiger partial charge in [0.05, 0.1) is 19.3 Å². The first-order valence-corrected chi connectivity index (χ1v) is 5.52. The zero-order valence-electron chi connectivity index (χ0n) is 6.83. The Kier molecular flexibility index (Phi) is 2.44. The summed E-state index contributed by atoms with van der Waals surface area (Å²) in [6.45, 7) is 0.404. The second-order valence-corrected chi connectivity index (χ2v) is 4.54. The van der Waals surface area contributed by atoms with Crippen LogP contribution in [0.4, 0.5) is 0 Å². The molecule has 0 aliphatic carbocycles. The van der Waals surface area contributed by atoms with Crippen LogP contribution in [0.3, 0.4) is 0 Å². The maximum Gasteiger partial charge on any atom is 0.472 e. The Morgan fingerprint density at radius 3 is 2.69 bits per heavy atom. The number of phosphoric ester groups is 1. The van der Waals surface area contributed by atoms with Gasteiger partial charge in [-0.2, -0.15) is 0 Å². The summed E-state index contributed by atoms with van der Waals surface area (Å²) in [5.41, 5.74) is 0. The lowest BCUT2D eigenvalue weighted by Crippen LogP contribution is -2.26. The molecule has 7 heteroatoms. The summed E-state index contributed by atoms with van der Waals surface area (Å²) in [5.74, 6) is 0. The van der Waals surface area contributed by atoms with Crippen molar-refractivity contribution in [3.63, 3.8) is 0 Å². The summed E-state index contributed by atoms with van der Waals surface area (Å²) in [4.78, 5) is 8.98. The minimum Gasteiger partial charge on any atom is -0.391 e. The van der Waals surface area contributed by atoms with Gasteiger partial charge in [0.2, 0.25) is 0 Å². The van der Waals surface area contributed by atoms with Gasteiger partial charge in [-0.25, -0.2) is 4.57 Å². The number of aliphatic hydroxyl groups is 1. The minimum absolute atomic E-state index is 0.187. The van der Waals surface area contributed by atoms with E-state index in [0.29, 0.717) is 0 Å². The molecule has 0 aromatic rings. The third-order valence-electron chi connectivity index (χ3n) is 2.05. The van der Waals surface area contributed by atoms with Crippen molar-refractivity contribution < 1.29 is 28.3 Å². The molecule has 0 radical (unpaired) electrons. The largest absolute Gasteiger partial charge is 0.472 e. The zero-order chi connectivity index (χ0) is 9.47. The molecule has 3 unspecified atom stereocenters. The average molecular weight is 210 g/mol. The van der Waals surface area contributed by atoms with Crippen molar-refractivity contribution in [1.29, 1.82) is 0 Å². The minimum atomic E-state index is -3.89. The van der Waals surface area contributed by atoms with Crippen molar-refractivity contribution >= 4 is 7.82 Å². The molecule has 0 amide bonds. The zero-order valence-corrected chi connectivity index (χ0v) is 7.72. The van der Waals surface area contributed by atoms with E-state index < -0.39 is 26.1 Å². The van der Waals surface area contributed by atoms with Crippen LogP contribution >= 0.6 is 7.82 Å². The van der Waals surface area contributed by atoms with Gasteiger partial charge < -0.3 is 14.7 Å². The molecule has 6 nitrogen and oxygen atoms in total. The molecule has 2 aliphatic heterocycles. The average Bonchev–Trinajstić information content (AvgIpc) is 2.15. The smallest absolute Gasteiger partial charge is 0.391 e. The van der Waals surface area contributed by atoms with E-state index in [1.54, 1.807) is 0 Å². The van der Waals surface area contributed by atoms with E-state index in [1.807, 2.05) is 0 Å². The Morgan fingerprint density at radius 2 is 1.92 bits per heavy atom. The van der Waals surface area contributed by atoms with E-state index in [-0.39, 0.29) is 19.6 Å². The molecule has 4 atom stereocenters. The van der Waals surface area contributed by atoms with E-state index in [1.165, 1.54) is 0 Å². The van der Waals surface area contributed by atoms with E-state index in [9.17, 15) is 9.67 Å². The Balaban J connectivity index is 2.08. The highest BCUT2D eigenvalue weighted by Crippen LogP contribution is 2.53. The summed E-state index contributed by atoms with van der Waals surface area (Å²) < 4.78 is 25.5. The molecule has 0 spiro atoms. The molecule has 0 aromatic heterocycles. The van der Waals surface area contributed by atoms with Gasteiger partial charge in [0, 0.05) is 6.42 Å². The van der Waals surface area contributed by atoms with E-state index >= 15 is 0 Å². The number of hydrogen-bond acceptors (Lipinski definition) is 5.